The van der Waals surface area contributed by atoms with E-state index >= 15 is 0 Å². The van der Waals surface area contributed by atoms with Crippen LogP contribution in [-0.2, 0) is 0 Å². The molecule has 2 N–H and O–H groups in total. The highest BCUT2D eigenvalue weighted by molar-refractivity contribution is 7.17. The highest BCUT2D eigenvalue weighted by Crippen LogP contribution is 2.30. The van der Waals surface area contributed by atoms with E-state index in [2.05, 4.69) is 26.9 Å². The van der Waals surface area contributed by atoms with Gasteiger partial charge in [-0.15, -0.1) is 11.3 Å². The van der Waals surface area contributed by atoms with E-state index in [1.54, 1.807) is 34.0 Å². The molecule has 100 valence electrons. The topological polar surface area (TPSA) is 56.2 Å². The van der Waals surface area contributed by atoms with Crippen LogP contribution in [0.5, 0.6) is 0 Å². The van der Waals surface area contributed by atoms with Gasteiger partial charge in [-0.3, -0.25) is 0 Å². The molecule has 4 aromatic rings. The minimum absolute atomic E-state index is 0.169. The highest BCUT2D eigenvalue weighted by atomic mass is 32.1. The molecule has 4 rings (SSSR count). The van der Waals surface area contributed by atoms with Crippen LogP contribution in [0.15, 0.2) is 40.5 Å². The largest absolute Gasteiger partial charge is 0.318 e. The molecule has 4 nitrogen and oxygen atoms in total. The molecule has 0 amide bonds. The van der Waals surface area contributed by atoms with Gasteiger partial charge in [-0.1, -0.05) is 17.4 Å². The summed E-state index contributed by atoms with van der Waals surface area (Å²) in [5.41, 5.74) is 8.43. The number of fused-ring (bicyclic) bond motifs is 1. The van der Waals surface area contributed by atoms with Crippen LogP contribution < -0.4 is 5.73 Å². The van der Waals surface area contributed by atoms with E-state index in [4.69, 9.17) is 5.73 Å². The van der Waals surface area contributed by atoms with Crippen molar-refractivity contribution in [2.75, 3.05) is 0 Å². The molecule has 0 aliphatic rings. The van der Waals surface area contributed by atoms with E-state index < -0.39 is 0 Å². The Hall–Kier alpha value is -1.54. The van der Waals surface area contributed by atoms with Gasteiger partial charge in [0, 0.05) is 15.8 Å². The Balaban J connectivity index is 1.80. The van der Waals surface area contributed by atoms with Gasteiger partial charge >= 0.3 is 0 Å². The Morgan fingerprint density at radius 3 is 2.95 bits per heavy atom. The number of thiophene rings is 2. The van der Waals surface area contributed by atoms with Gasteiger partial charge in [0.05, 0.1) is 17.9 Å². The van der Waals surface area contributed by atoms with Gasteiger partial charge in [0.15, 0.2) is 0 Å². The average molecular weight is 318 g/mol. The lowest BCUT2D eigenvalue weighted by Gasteiger charge is -2.03. The van der Waals surface area contributed by atoms with Crippen molar-refractivity contribution in [3.8, 4) is 11.3 Å². The van der Waals surface area contributed by atoms with Crippen molar-refractivity contribution in [2.24, 2.45) is 5.73 Å². The fourth-order valence-corrected chi connectivity index (χ4v) is 4.38. The fourth-order valence-electron chi connectivity index (χ4n) is 2.03. The third-order valence-electron chi connectivity index (χ3n) is 3.03. The number of nitrogens with zero attached hydrogens (tertiary/aromatic N) is 3. The van der Waals surface area contributed by atoms with Crippen LogP contribution in [-0.4, -0.2) is 14.6 Å². The highest BCUT2D eigenvalue weighted by Gasteiger charge is 2.18. The van der Waals surface area contributed by atoms with E-state index in [1.165, 1.54) is 0 Å². The second kappa shape index (κ2) is 4.78. The molecular weight excluding hydrogens is 308 g/mol. The van der Waals surface area contributed by atoms with Crippen LogP contribution in [0.3, 0.4) is 0 Å². The molecule has 1 unspecified atom stereocenters. The molecule has 7 heteroatoms. The lowest BCUT2D eigenvalue weighted by Crippen LogP contribution is -2.10. The van der Waals surface area contributed by atoms with Crippen molar-refractivity contribution in [1.82, 2.24) is 14.6 Å². The van der Waals surface area contributed by atoms with Gasteiger partial charge in [0.2, 0.25) is 4.96 Å². The molecule has 0 saturated carbocycles. The fraction of sp³-hybridized carbons (Fsp3) is 0.0769. The SMILES string of the molecule is NC(c1cccs1)c1nn2c(-c3ccsc3)cnc2s1. The summed E-state index contributed by atoms with van der Waals surface area (Å²) in [6, 6.07) is 5.96. The Morgan fingerprint density at radius 1 is 1.25 bits per heavy atom. The Morgan fingerprint density at radius 2 is 2.20 bits per heavy atom. The van der Waals surface area contributed by atoms with Crippen molar-refractivity contribution in [3.63, 3.8) is 0 Å². The van der Waals surface area contributed by atoms with Gasteiger partial charge in [-0.2, -0.15) is 16.4 Å². The molecule has 0 aliphatic heterocycles. The van der Waals surface area contributed by atoms with Crippen molar-refractivity contribution < 1.29 is 0 Å². The first-order chi connectivity index (χ1) is 9.83. The van der Waals surface area contributed by atoms with Crippen molar-refractivity contribution in [2.45, 2.75) is 6.04 Å². The van der Waals surface area contributed by atoms with Gasteiger partial charge < -0.3 is 5.73 Å². The molecular formula is C13H10N4S3. The molecule has 20 heavy (non-hydrogen) atoms. The maximum Gasteiger partial charge on any atom is 0.212 e. The van der Waals surface area contributed by atoms with Crippen molar-refractivity contribution in [1.29, 1.82) is 0 Å². The molecule has 0 saturated heterocycles. The number of hydrogen-bond acceptors (Lipinski definition) is 6. The first-order valence-corrected chi connectivity index (χ1v) is 8.63. The monoisotopic (exact) mass is 318 g/mol. The lowest BCUT2D eigenvalue weighted by molar-refractivity contribution is 0.822. The van der Waals surface area contributed by atoms with Crippen LogP contribution in [0.1, 0.15) is 15.9 Å². The number of hydrogen-bond donors (Lipinski definition) is 1. The summed E-state index contributed by atoms with van der Waals surface area (Å²) in [5, 5.41) is 11.7. The van der Waals surface area contributed by atoms with E-state index in [-0.39, 0.29) is 6.04 Å². The summed E-state index contributed by atoms with van der Waals surface area (Å²) in [5.74, 6) is 0. The minimum Gasteiger partial charge on any atom is -0.318 e. The van der Waals surface area contributed by atoms with E-state index in [1.807, 2.05) is 28.2 Å². The van der Waals surface area contributed by atoms with Gasteiger partial charge in [0.25, 0.3) is 0 Å². The van der Waals surface area contributed by atoms with Crippen LogP contribution in [0.25, 0.3) is 16.2 Å². The molecule has 1 atom stereocenters. The molecule has 0 spiro atoms. The van der Waals surface area contributed by atoms with E-state index in [9.17, 15) is 0 Å². The van der Waals surface area contributed by atoms with Crippen LogP contribution >= 0.6 is 34.0 Å². The second-order valence-electron chi connectivity index (χ2n) is 4.28. The van der Waals surface area contributed by atoms with E-state index in [0.29, 0.717) is 0 Å². The smallest absolute Gasteiger partial charge is 0.212 e. The standard InChI is InChI=1S/C13H10N4S3/c14-11(10-2-1-4-19-10)12-16-17-9(6-15-13(17)20-12)8-3-5-18-7-8/h1-7,11H,14H2. The van der Waals surface area contributed by atoms with Gasteiger partial charge in [-0.05, 0) is 22.9 Å². The maximum atomic E-state index is 6.27. The second-order valence-corrected chi connectivity index (χ2v) is 7.03. The Labute approximate surface area is 127 Å². The molecule has 4 heterocycles. The summed E-state index contributed by atoms with van der Waals surface area (Å²) in [4.78, 5) is 6.44. The van der Waals surface area contributed by atoms with Crippen molar-refractivity contribution in [3.05, 3.63) is 50.4 Å². The summed E-state index contributed by atoms with van der Waals surface area (Å²) in [6.45, 7) is 0. The molecule has 0 fully saturated rings. The number of aromatic nitrogens is 3. The van der Waals surface area contributed by atoms with Crippen LogP contribution in [0, 0.1) is 0 Å². The predicted octanol–water partition coefficient (Wildman–Crippen LogP) is 3.63. The average Bonchev–Trinajstić information content (AvgIpc) is 3.20. The van der Waals surface area contributed by atoms with Gasteiger partial charge in [-0.25, -0.2) is 9.50 Å². The van der Waals surface area contributed by atoms with Crippen LogP contribution in [0.2, 0.25) is 0 Å². The molecule has 4 aromatic heterocycles. The maximum absolute atomic E-state index is 6.27. The third kappa shape index (κ3) is 1.90. The first kappa shape index (κ1) is 12.2. The van der Waals surface area contributed by atoms with Gasteiger partial charge in [0.1, 0.15) is 5.01 Å². The normalized spacial score (nSPS) is 13.1. The Bertz CT molecular complexity index is 826. The van der Waals surface area contributed by atoms with Crippen molar-refractivity contribution >= 4 is 39.0 Å². The summed E-state index contributed by atoms with van der Waals surface area (Å²) >= 11 is 4.87. The third-order valence-corrected chi connectivity index (χ3v) is 5.68. The number of rotatable bonds is 3. The van der Waals surface area contributed by atoms with E-state index in [0.717, 1.165) is 26.1 Å². The molecule has 0 aromatic carbocycles. The minimum atomic E-state index is -0.169. The summed E-state index contributed by atoms with van der Waals surface area (Å²) < 4.78 is 1.88. The van der Waals surface area contributed by atoms with Crippen LogP contribution in [0.4, 0.5) is 0 Å². The number of nitrogens with two attached hydrogens (primary N) is 1. The predicted molar refractivity (Wildman–Crippen MR) is 84.5 cm³/mol. The quantitative estimate of drug-likeness (QED) is 0.627. The lowest BCUT2D eigenvalue weighted by atomic mass is 10.3. The summed E-state index contributed by atoms with van der Waals surface area (Å²) in [6.07, 6.45) is 1.86. The molecule has 0 bridgehead atoms. The molecule has 0 radical (unpaired) electrons. The number of imidazole rings is 1. The summed E-state index contributed by atoms with van der Waals surface area (Å²) in [7, 11) is 0. The Kier molecular flexibility index (Phi) is 2.92. The first-order valence-electron chi connectivity index (χ1n) is 5.99. The zero-order valence-electron chi connectivity index (χ0n) is 10.3. The zero-order chi connectivity index (χ0) is 13.5. The zero-order valence-corrected chi connectivity index (χ0v) is 12.7. The molecule has 0 aliphatic carbocycles.